The van der Waals surface area contributed by atoms with E-state index in [1.54, 1.807) is 6.07 Å². The van der Waals surface area contributed by atoms with E-state index in [9.17, 15) is 18.0 Å². The van der Waals surface area contributed by atoms with E-state index in [4.69, 9.17) is 16.3 Å². The molecule has 0 bridgehead atoms. The summed E-state index contributed by atoms with van der Waals surface area (Å²) in [5, 5.41) is 3.63. The van der Waals surface area contributed by atoms with E-state index in [0.29, 0.717) is 10.6 Å². The van der Waals surface area contributed by atoms with Gasteiger partial charge in [0, 0.05) is 11.6 Å². The minimum atomic E-state index is -4.50. The molecule has 1 unspecified atom stereocenters. The van der Waals surface area contributed by atoms with Crippen molar-refractivity contribution in [1.29, 1.82) is 0 Å². The van der Waals surface area contributed by atoms with Crippen LogP contribution in [0, 0.1) is 0 Å². The fraction of sp³-hybridized carbons (Fsp3) is 0.348. The molecule has 1 saturated carbocycles. The Kier molecular flexibility index (Phi) is 5.53. The van der Waals surface area contributed by atoms with Crippen molar-refractivity contribution in [3.8, 4) is 0 Å². The molecule has 2 aromatic rings. The molecular weight excluding hydrogens is 415 g/mol. The summed E-state index contributed by atoms with van der Waals surface area (Å²) >= 11 is 6.56. The van der Waals surface area contributed by atoms with E-state index in [1.165, 1.54) is 12.1 Å². The van der Waals surface area contributed by atoms with Crippen LogP contribution in [-0.4, -0.2) is 11.8 Å². The summed E-state index contributed by atoms with van der Waals surface area (Å²) in [6.45, 7) is 2.03. The molecule has 0 aromatic heterocycles. The maximum Gasteiger partial charge on any atom is 0.416 e. The fourth-order valence-corrected chi connectivity index (χ4v) is 3.91. The molecule has 2 aliphatic rings. The van der Waals surface area contributed by atoms with E-state index in [0.717, 1.165) is 43.4 Å². The van der Waals surface area contributed by atoms with Crippen LogP contribution >= 0.6 is 11.6 Å². The minimum Gasteiger partial charge on any atom is -0.462 e. The van der Waals surface area contributed by atoms with Crippen molar-refractivity contribution in [2.75, 3.05) is 0 Å². The number of hydrogen-bond acceptors (Lipinski definition) is 3. The summed E-state index contributed by atoms with van der Waals surface area (Å²) in [4.78, 5) is 13.3. The van der Waals surface area contributed by atoms with Gasteiger partial charge in [0.25, 0.3) is 0 Å². The number of aryl methyl sites for hydroxylation is 1. The van der Waals surface area contributed by atoms with Gasteiger partial charge in [-0.2, -0.15) is 13.2 Å². The number of benzene rings is 2. The Morgan fingerprint density at radius 3 is 2.57 bits per heavy atom. The monoisotopic (exact) mass is 435 g/mol. The second-order valence-corrected chi connectivity index (χ2v) is 8.01. The largest absolute Gasteiger partial charge is 0.462 e. The molecule has 1 aliphatic carbocycles. The molecule has 1 aliphatic heterocycles. The maximum atomic E-state index is 13.3. The average Bonchev–Trinajstić information content (AvgIpc) is 3.46. The van der Waals surface area contributed by atoms with Gasteiger partial charge < -0.3 is 10.1 Å². The number of ketones is 1. The molecule has 1 fully saturated rings. The molecule has 7 heteroatoms. The summed E-state index contributed by atoms with van der Waals surface area (Å²) in [6.07, 6.45) is -1.98. The van der Waals surface area contributed by atoms with E-state index in [-0.39, 0.29) is 23.1 Å². The van der Waals surface area contributed by atoms with Crippen molar-refractivity contribution in [3.05, 3.63) is 75.6 Å². The van der Waals surface area contributed by atoms with Crippen molar-refractivity contribution in [2.45, 2.75) is 50.9 Å². The van der Waals surface area contributed by atoms with Gasteiger partial charge in [-0.25, -0.2) is 0 Å². The Morgan fingerprint density at radius 1 is 1.17 bits per heavy atom. The van der Waals surface area contributed by atoms with Crippen LogP contribution in [0.1, 0.15) is 54.5 Å². The second-order valence-electron chi connectivity index (χ2n) is 7.63. The lowest BCUT2D eigenvalue weighted by molar-refractivity contribution is -0.137. The zero-order chi connectivity index (χ0) is 21.5. The van der Waals surface area contributed by atoms with E-state index < -0.39 is 23.6 Å². The molecule has 1 heterocycles. The van der Waals surface area contributed by atoms with E-state index in [2.05, 4.69) is 5.32 Å². The third kappa shape index (κ3) is 4.06. The standard InChI is InChI=1S/C23H21ClF3NO2/c1-2-5-13-6-4-9-17(19(13)24)21-20(29)18(22(30-21)28-16-10-11-16)14-7-3-8-15(12-14)23(25,26)27/h3-4,6-9,12,16,21,28H,2,5,10-11H2,1H3. The Bertz CT molecular complexity index is 1010. The molecular formula is C23H21ClF3NO2. The molecule has 3 nitrogen and oxygen atoms in total. The number of ether oxygens (including phenoxy) is 1. The van der Waals surface area contributed by atoms with Gasteiger partial charge >= 0.3 is 6.18 Å². The van der Waals surface area contributed by atoms with Crippen molar-refractivity contribution in [3.63, 3.8) is 0 Å². The van der Waals surface area contributed by atoms with Gasteiger partial charge in [0.2, 0.25) is 5.78 Å². The molecule has 2 aromatic carbocycles. The van der Waals surface area contributed by atoms with E-state index >= 15 is 0 Å². The van der Waals surface area contributed by atoms with Gasteiger partial charge in [0.15, 0.2) is 12.0 Å². The quantitative estimate of drug-likeness (QED) is 0.598. The minimum absolute atomic E-state index is 0.134. The van der Waals surface area contributed by atoms with Gasteiger partial charge in [0.1, 0.15) is 0 Å². The molecule has 0 radical (unpaired) electrons. The first-order valence-corrected chi connectivity index (χ1v) is 10.3. The van der Waals surface area contributed by atoms with Crippen LogP contribution in [0.3, 0.4) is 0 Å². The summed E-state index contributed by atoms with van der Waals surface area (Å²) in [5.74, 6) is -0.170. The lowest BCUT2D eigenvalue weighted by atomic mass is 9.94. The van der Waals surface area contributed by atoms with Crippen LogP contribution in [0.5, 0.6) is 0 Å². The molecule has 0 amide bonds. The van der Waals surface area contributed by atoms with Gasteiger partial charge in [-0.3, -0.25) is 4.79 Å². The third-order valence-electron chi connectivity index (χ3n) is 5.25. The molecule has 0 saturated heterocycles. The molecule has 4 rings (SSSR count). The number of Topliss-reactive ketones (excluding diaryl/α,β-unsaturated/α-hetero) is 1. The number of nitrogens with one attached hydrogen (secondary N) is 1. The summed E-state index contributed by atoms with van der Waals surface area (Å²) in [5.41, 5.74) is 0.954. The van der Waals surface area contributed by atoms with Crippen molar-refractivity contribution < 1.29 is 22.7 Å². The molecule has 0 spiro atoms. The summed E-state index contributed by atoms with van der Waals surface area (Å²) in [6, 6.07) is 10.4. The summed E-state index contributed by atoms with van der Waals surface area (Å²) in [7, 11) is 0. The van der Waals surface area contributed by atoms with Crippen LogP contribution in [-0.2, 0) is 22.1 Å². The smallest absolute Gasteiger partial charge is 0.416 e. The zero-order valence-corrected chi connectivity index (χ0v) is 17.1. The Labute approximate surface area is 177 Å². The van der Waals surface area contributed by atoms with Crippen LogP contribution in [0.15, 0.2) is 48.3 Å². The summed E-state index contributed by atoms with van der Waals surface area (Å²) < 4.78 is 45.6. The number of carbonyl (C=O) groups excluding carboxylic acids is 1. The number of halogens is 4. The molecule has 1 atom stereocenters. The highest BCUT2D eigenvalue weighted by molar-refractivity contribution is 6.33. The average molecular weight is 436 g/mol. The Balaban J connectivity index is 1.74. The number of rotatable bonds is 6. The normalized spacial score (nSPS) is 19.2. The topological polar surface area (TPSA) is 38.3 Å². The molecule has 158 valence electrons. The highest BCUT2D eigenvalue weighted by Gasteiger charge is 2.41. The maximum absolute atomic E-state index is 13.3. The predicted molar refractivity (Wildman–Crippen MR) is 109 cm³/mol. The van der Waals surface area contributed by atoms with E-state index in [1.807, 2.05) is 19.1 Å². The van der Waals surface area contributed by atoms with Crippen LogP contribution in [0.25, 0.3) is 5.57 Å². The van der Waals surface area contributed by atoms with Gasteiger partial charge in [-0.05, 0) is 42.5 Å². The first kappa shape index (κ1) is 20.8. The number of alkyl halides is 3. The highest BCUT2D eigenvalue weighted by atomic mass is 35.5. The first-order chi connectivity index (χ1) is 14.3. The Morgan fingerprint density at radius 2 is 1.90 bits per heavy atom. The lowest BCUT2D eigenvalue weighted by Gasteiger charge is -2.16. The zero-order valence-electron chi connectivity index (χ0n) is 16.4. The predicted octanol–water partition coefficient (Wildman–Crippen LogP) is 6.07. The Hall–Kier alpha value is -2.47. The highest BCUT2D eigenvalue weighted by Crippen LogP contribution is 2.42. The number of carbonyl (C=O) groups is 1. The van der Waals surface area contributed by atoms with Gasteiger partial charge in [-0.15, -0.1) is 0 Å². The molecule has 1 N–H and O–H groups in total. The van der Waals surface area contributed by atoms with Crippen LogP contribution in [0.4, 0.5) is 13.2 Å². The van der Waals surface area contributed by atoms with Gasteiger partial charge in [0.05, 0.1) is 16.2 Å². The van der Waals surface area contributed by atoms with Crippen molar-refractivity contribution in [1.82, 2.24) is 5.32 Å². The lowest BCUT2D eigenvalue weighted by Crippen LogP contribution is -2.17. The second kappa shape index (κ2) is 7.99. The SMILES string of the molecule is CCCc1cccc(C2OC(NC3CC3)=C(c3cccc(C(F)(F)F)c3)C2=O)c1Cl. The fourth-order valence-electron chi connectivity index (χ4n) is 3.59. The van der Waals surface area contributed by atoms with Crippen LogP contribution < -0.4 is 5.32 Å². The van der Waals surface area contributed by atoms with Gasteiger partial charge in [-0.1, -0.05) is 55.3 Å². The molecule has 30 heavy (non-hydrogen) atoms. The van der Waals surface area contributed by atoms with Crippen molar-refractivity contribution in [2.24, 2.45) is 0 Å². The number of hydrogen-bond donors (Lipinski definition) is 1. The van der Waals surface area contributed by atoms with Crippen LogP contribution in [0.2, 0.25) is 5.02 Å². The third-order valence-corrected chi connectivity index (χ3v) is 5.71. The first-order valence-electron chi connectivity index (χ1n) is 9.96. The van der Waals surface area contributed by atoms with Crippen molar-refractivity contribution >= 4 is 23.0 Å².